The molecular formula is C15H19N3O3. The molecular weight excluding hydrogens is 270 g/mol. The highest BCUT2D eigenvalue weighted by Crippen LogP contribution is 2.07. The third-order valence-corrected chi connectivity index (χ3v) is 2.85. The van der Waals surface area contributed by atoms with Gasteiger partial charge in [0.05, 0.1) is 24.7 Å². The zero-order valence-corrected chi connectivity index (χ0v) is 12.0. The van der Waals surface area contributed by atoms with Gasteiger partial charge in [-0.05, 0) is 30.7 Å². The summed E-state index contributed by atoms with van der Waals surface area (Å²) in [6.07, 6.45) is 4.14. The molecule has 6 nitrogen and oxygen atoms in total. The molecule has 2 aromatic heterocycles. The number of amides is 1. The predicted molar refractivity (Wildman–Crippen MR) is 79.1 cm³/mol. The first kappa shape index (κ1) is 15.1. The van der Waals surface area contributed by atoms with E-state index in [0.29, 0.717) is 24.6 Å². The summed E-state index contributed by atoms with van der Waals surface area (Å²) in [5.74, 6) is 0.483. The second kappa shape index (κ2) is 8.06. The maximum Gasteiger partial charge on any atom is 0.270 e. The van der Waals surface area contributed by atoms with E-state index >= 15 is 0 Å². The average molecular weight is 289 g/mol. The van der Waals surface area contributed by atoms with Crippen LogP contribution < -0.4 is 10.6 Å². The Balaban J connectivity index is 1.79. The monoisotopic (exact) mass is 289 g/mol. The Morgan fingerprint density at radius 2 is 2.29 bits per heavy atom. The third-order valence-electron chi connectivity index (χ3n) is 2.85. The van der Waals surface area contributed by atoms with Crippen LogP contribution >= 0.6 is 0 Å². The van der Waals surface area contributed by atoms with E-state index < -0.39 is 0 Å². The van der Waals surface area contributed by atoms with Crippen molar-refractivity contribution in [1.82, 2.24) is 10.3 Å². The molecule has 21 heavy (non-hydrogen) atoms. The second-order valence-corrected chi connectivity index (χ2v) is 4.47. The Labute approximate surface area is 123 Å². The number of pyridine rings is 1. The largest absolute Gasteiger partial charge is 0.467 e. The molecule has 1 amide bonds. The molecule has 2 aromatic rings. The first-order valence-corrected chi connectivity index (χ1v) is 6.79. The topological polar surface area (TPSA) is 76.4 Å². The Morgan fingerprint density at radius 3 is 2.95 bits per heavy atom. The predicted octanol–water partition coefficient (Wildman–Crippen LogP) is 2.05. The van der Waals surface area contributed by atoms with Crippen LogP contribution in [0.1, 0.15) is 22.7 Å². The Kier molecular flexibility index (Phi) is 5.78. The second-order valence-electron chi connectivity index (χ2n) is 4.47. The van der Waals surface area contributed by atoms with Gasteiger partial charge in [0.15, 0.2) is 0 Å². The van der Waals surface area contributed by atoms with Gasteiger partial charge in [0.2, 0.25) is 0 Å². The van der Waals surface area contributed by atoms with Crippen molar-refractivity contribution in [3.05, 3.63) is 48.2 Å². The molecule has 0 fully saturated rings. The van der Waals surface area contributed by atoms with Gasteiger partial charge in [-0.2, -0.15) is 0 Å². The summed E-state index contributed by atoms with van der Waals surface area (Å²) in [6, 6.07) is 7.11. The summed E-state index contributed by atoms with van der Waals surface area (Å²) in [5.41, 5.74) is 1.26. The van der Waals surface area contributed by atoms with Crippen LogP contribution in [0.25, 0.3) is 0 Å². The van der Waals surface area contributed by atoms with E-state index in [2.05, 4.69) is 15.6 Å². The van der Waals surface area contributed by atoms with E-state index in [1.54, 1.807) is 37.8 Å². The summed E-state index contributed by atoms with van der Waals surface area (Å²) in [6.45, 7) is 1.87. The van der Waals surface area contributed by atoms with Gasteiger partial charge in [-0.3, -0.25) is 4.79 Å². The molecule has 2 rings (SSSR count). The molecule has 2 heterocycles. The Morgan fingerprint density at radius 1 is 1.38 bits per heavy atom. The van der Waals surface area contributed by atoms with Gasteiger partial charge in [0, 0.05) is 20.3 Å². The molecule has 0 aliphatic carbocycles. The standard InChI is InChI=1S/C15H19N3O3/c1-20-8-3-7-16-12-5-6-14(17-10-12)15(19)18-11-13-4-2-9-21-13/h2,4-6,9-10,16H,3,7-8,11H2,1H3,(H,18,19). The number of rotatable bonds is 8. The molecule has 0 aliphatic heterocycles. The highest BCUT2D eigenvalue weighted by atomic mass is 16.5. The minimum Gasteiger partial charge on any atom is -0.467 e. The van der Waals surface area contributed by atoms with E-state index in [-0.39, 0.29) is 5.91 Å². The van der Waals surface area contributed by atoms with Crippen LogP contribution in [0, 0.1) is 0 Å². The highest BCUT2D eigenvalue weighted by Gasteiger charge is 2.07. The number of furan rings is 1. The number of aromatic nitrogens is 1. The number of hydrogen-bond donors (Lipinski definition) is 2. The highest BCUT2D eigenvalue weighted by molar-refractivity contribution is 5.92. The van der Waals surface area contributed by atoms with Gasteiger partial charge >= 0.3 is 0 Å². The minimum absolute atomic E-state index is 0.225. The molecule has 112 valence electrons. The van der Waals surface area contributed by atoms with Gasteiger partial charge in [-0.25, -0.2) is 4.98 Å². The Hall–Kier alpha value is -2.34. The summed E-state index contributed by atoms with van der Waals surface area (Å²) in [5, 5.41) is 5.96. The van der Waals surface area contributed by atoms with Gasteiger partial charge in [0.25, 0.3) is 5.91 Å². The van der Waals surface area contributed by atoms with Crippen LogP contribution in [-0.2, 0) is 11.3 Å². The van der Waals surface area contributed by atoms with Crippen LogP contribution in [0.15, 0.2) is 41.1 Å². The maximum absolute atomic E-state index is 11.9. The Bertz CT molecular complexity index is 538. The lowest BCUT2D eigenvalue weighted by Crippen LogP contribution is -2.23. The number of ether oxygens (including phenoxy) is 1. The molecule has 6 heteroatoms. The third kappa shape index (κ3) is 4.92. The maximum atomic E-state index is 11.9. The average Bonchev–Trinajstić information content (AvgIpc) is 3.03. The normalized spacial score (nSPS) is 10.3. The van der Waals surface area contributed by atoms with Crippen molar-refractivity contribution < 1.29 is 13.9 Å². The van der Waals surface area contributed by atoms with Gasteiger partial charge in [0.1, 0.15) is 11.5 Å². The molecule has 0 spiro atoms. The number of nitrogens with zero attached hydrogens (tertiary/aromatic N) is 1. The first-order chi connectivity index (χ1) is 10.3. The lowest BCUT2D eigenvalue weighted by molar-refractivity contribution is 0.0943. The van der Waals surface area contributed by atoms with E-state index in [1.165, 1.54) is 0 Å². The van der Waals surface area contributed by atoms with Gasteiger partial charge in [-0.1, -0.05) is 0 Å². The van der Waals surface area contributed by atoms with Crippen molar-refractivity contribution in [2.75, 3.05) is 25.6 Å². The van der Waals surface area contributed by atoms with Crippen molar-refractivity contribution in [3.63, 3.8) is 0 Å². The van der Waals surface area contributed by atoms with Crippen LogP contribution in [0.2, 0.25) is 0 Å². The number of hydrogen-bond acceptors (Lipinski definition) is 5. The molecule has 0 radical (unpaired) electrons. The number of anilines is 1. The molecule has 2 N–H and O–H groups in total. The van der Waals surface area contributed by atoms with Crippen molar-refractivity contribution in [2.45, 2.75) is 13.0 Å². The number of carbonyl (C=O) groups is 1. The lowest BCUT2D eigenvalue weighted by Gasteiger charge is -2.07. The fourth-order valence-electron chi connectivity index (χ4n) is 1.75. The molecule has 0 saturated carbocycles. The summed E-state index contributed by atoms with van der Waals surface area (Å²) < 4.78 is 10.1. The van der Waals surface area contributed by atoms with Crippen molar-refractivity contribution in [1.29, 1.82) is 0 Å². The quantitative estimate of drug-likeness (QED) is 0.727. The van der Waals surface area contributed by atoms with Gasteiger partial charge in [-0.15, -0.1) is 0 Å². The number of carbonyl (C=O) groups excluding carboxylic acids is 1. The van der Waals surface area contributed by atoms with E-state index in [9.17, 15) is 4.79 Å². The smallest absolute Gasteiger partial charge is 0.270 e. The summed E-state index contributed by atoms with van der Waals surface area (Å²) >= 11 is 0. The van der Waals surface area contributed by atoms with E-state index in [0.717, 1.165) is 18.7 Å². The number of nitrogens with one attached hydrogen (secondary N) is 2. The fraction of sp³-hybridized carbons (Fsp3) is 0.333. The fourth-order valence-corrected chi connectivity index (χ4v) is 1.75. The lowest BCUT2D eigenvalue weighted by atomic mass is 10.3. The zero-order chi connectivity index (χ0) is 14.9. The summed E-state index contributed by atoms with van der Waals surface area (Å²) in [4.78, 5) is 16.0. The molecule has 0 unspecified atom stereocenters. The van der Waals surface area contributed by atoms with Crippen LogP contribution in [-0.4, -0.2) is 31.2 Å². The zero-order valence-electron chi connectivity index (χ0n) is 12.0. The van der Waals surface area contributed by atoms with Crippen molar-refractivity contribution >= 4 is 11.6 Å². The van der Waals surface area contributed by atoms with Crippen LogP contribution in [0.3, 0.4) is 0 Å². The van der Waals surface area contributed by atoms with Crippen LogP contribution in [0.5, 0.6) is 0 Å². The molecule has 0 bridgehead atoms. The summed E-state index contributed by atoms with van der Waals surface area (Å²) in [7, 11) is 1.68. The first-order valence-electron chi connectivity index (χ1n) is 6.79. The van der Waals surface area contributed by atoms with E-state index in [4.69, 9.17) is 9.15 Å². The van der Waals surface area contributed by atoms with E-state index in [1.807, 2.05) is 6.07 Å². The van der Waals surface area contributed by atoms with Crippen molar-refractivity contribution in [2.24, 2.45) is 0 Å². The van der Waals surface area contributed by atoms with Crippen molar-refractivity contribution in [3.8, 4) is 0 Å². The SMILES string of the molecule is COCCCNc1ccc(C(=O)NCc2ccco2)nc1. The minimum atomic E-state index is -0.225. The molecule has 0 aromatic carbocycles. The van der Waals surface area contributed by atoms with Gasteiger partial charge < -0.3 is 19.8 Å². The molecule has 0 saturated heterocycles. The molecule has 0 aliphatic rings. The molecule has 0 atom stereocenters. The number of methoxy groups -OCH3 is 1. The van der Waals surface area contributed by atoms with Crippen LogP contribution in [0.4, 0.5) is 5.69 Å².